The van der Waals surface area contributed by atoms with Crippen LogP contribution in [0.25, 0.3) is 0 Å². The van der Waals surface area contributed by atoms with E-state index in [4.69, 9.17) is 0 Å². The molecule has 0 saturated carbocycles. The summed E-state index contributed by atoms with van der Waals surface area (Å²) in [5, 5.41) is 3.33. The lowest BCUT2D eigenvalue weighted by Gasteiger charge is -2.25. The summed E-state index contributed by atoms with van der Waals surface area (Å²) in [6, 6.07) is 5.79. The molecule has 0 aliphatic carbocycles. The molecule has 2 atom stereocenters. The van der Waals surface area contributed by atoms with Gasteiger partial charge in [-0.15, -0.1) is 0 Å². The maximum atomic E-state index is 12.3. The van der Waals surface area contributed by atoms with Crippen molar-refractivity contribution >= 4 is 23.2 Å². The monoisotopic (exact) mass is 258 g/mol. The summed E-state index contributed by atoms with van der Waals surface area (Å²) in [4.78, 5) is 26.0. The Morgan fingerprint density at radius 1 is 1.16 bits per heavy atom. The Hall–Kier alpha value is -1.84. The minimum atomic E-state index is -0.222. The first-order valence-electron chi connectivity index (χ1n) is 6.85. The van der Waals surface area contributed by atoms with Gasteiger partial charge in [-0.3, -0.25) is 9.59 Å². The minimum Gasteiger partial charge on any atom is -0.385 e. The van der Waals surface area contributed by atoms with Crippen LogP contribution in [0.3, 0.4) is 0 Å². The first-order chi connectivity index (χ1) is 9.11. The summed E-state index contributed by atoms with van der Waals surface area (Å²) in [7, 11) is 0. The average molecular weight is 258 g/mol. The minimum absolute atomic E-state index is 0.0727. The molecule has 1 fully saturated rings. The Morgan fingerprint density at radius 3 is 2.53 bits per heavy atom. The number of nitrogens with zero attached hydrogens (tertiary/aromatic N) is 1. The Bertz CT molecular complexity index is 533. The molecule has 100 valence electrons. The fraction of sp³-hybridized carbons (Fsp3) is 0.467. The maximum absolute atomic E-state index is 12.3. The van der Waals surface area contributed by atoms with E-state index in [-0.39, 0.29) is 23.7 Å². The summed E-state index contributed by atoms with van der Waals surface area (Å²) in [6.45, 7) is 4.61. The molecule has 2 aliphatic rings. The highest BCUT2D eigenvalue weighted by atomic mass is 16.2. The van der Waals surface area contributed by atoms with Gasteiger partial charge < -0.3 is 5.32 Å². The lowest BCUT2D eigenvalue weighted by molar-refractivity contribution is -0.122. The largest absolute Gasteiger partial charge is 0.385 e. The zero-order chi connectivity index (χ0) is 13.6. The number of rotatable bonds is 1. The lowest BCUT2D eigenvalue weighted by atomic mass is 10.00. The van der Waals surface area contributed by atoms with E-state index in [1.807, 2.05) is 32.0 Å². The standard InChI is InChI=1S/C15H18N2O2/c1-9-10(2)15(19)17(14(9)18)13-7-3-6-12-11(13)5-4-8-16-12/h3,6-7,9-10,16H,4-5,8H2,1-2H3. The van der Waals surface area contributed by atoms with Crippen LogP contribution >= 0.6 is 0 Å². The predicted molar refractivity (Wildman–Crippen MR) is 74.1 cm³/mol. The van der Waals surface area contributed by atoms with Crippen LogP contribution in [-0.2, 0) is 16.0 Å². The van der Waals surface area contributed by atoms with Gasteiger partial charge in [-0.1, -0.05) is 19.9 Å². The van der Waals surface area contributed by atoms with Gasteiger partial charge >= 0.3 is 0 Å². The summed E-state index contributed by atoms with van der Waals surface area (Å²) in [5.41, 5.74) is 2.92. The molecule has 0 radical (unpaired) electrons. The van der Waals surface area contributed by atoms with Gasteiger partial charge in [-0.25, -0.2) is 4.90 Å². The van der Waals surface area contributed by atoms with E-state index in [1.54, 1.807) is 0 Å². The van der Waals surface area contributed by atoms with Crippen molar-refractivity contribution < 1.29 is 9.59 Å². The summed E-state index contributed by atoms with van der Waals surface area (Å²) in [6.07, 6.45) is 1.95. The number of fused-ring (bicyclic) bond motifs is 1. The molecule has 1 N–H and O–H groups in total. The van der Waals surface area contributed by atoms with Crippen molar-refractivity contribution in [3.05, 3.63) is 23.8 Å². The maximum Gasteiger partial charge on any atom is 0.237 e. The van der Waals surface area contributed by atoms with Crippen LogP contribution in [0.5, 0.6) is 0 Å². The van der Waals surface area contributed by atoms with Crippen molar-refractivity contribution in [1.29, 1.82) is 0 Å². The van der Waals surface area contributed by atoms with Gasteiger partial charge in [-0.2, -0.15) is 0 Å². The Kier molecular flexibility index (Phi) is 2.81. The zero-order valence-electron chi connectivity index (χ0n) is 11.3. The fourth-order valence-electron chi connectivity index (χ4n) is 2.88. The summed E-state index contributed by atoms with van der Waals surface area (Å²) < 4.78 is 0. The van der Waals surface area contributed by atoms with Crippen LogP contribution in [0.4, 0.5) is 11.4 Å². The molecule has 1 aromatic rings. The fourth-order valence-corrected chi connectivity index (χ4v) is 2.88. The highest BCUT2D eigenvalue weighted by Crippen LogP contribution is 2.36. The number of carbonyl (C=O) groups excluding carboxylic acids is 2. The van der Waals surface area contributed by atoms with Crippen LogP contribution in [-0.4, -0.2) is 18.4 Å². The van der Waals surface area contributed by atoms with Gasteiger partial charge in [0.05, 0.1) is 5.69 Å². The number of imide groups is 1. The molecule has 2 aliphatic heterocycles. The normalized spacial score (nSPS) is 26.3. The number of amides is 2. The van der Waals surface area contributed by atoms with Gasteiger partial charge in [0.1, 0.15) is 0 Å². The van der Waals surface area contributed by atoms with Gasteiger partial charge in [0.2, 0.25) is 11.8 Å². The van der Waals surface area contributed by atoms with E-state index >= 15 is 0 Å². The molecule has 4 nitrogen and oxygen atoms in total. The molecular formula is C15H18N2O2. The zero-order valence-corrected chi connectivity index (χ0v) is 11.3. The number of benzene rings is 1. The van der Waals surface area contributed by atoms with E-state index in [0.717, 1.165) is 36.3 Å². The van der Waals surface area contributed by atoms with Crippen molar-refractivity contribution in [2.24, 2.45) is 11.8 Å². The van der Waals surface area contributed by atoms with Gasteiger partial charge in [0, 0.05) is 24.1 Å². The van der Waals surface area contributed by atoms with Crippen LogP contribution in [0, 0.1) is 11.8 Å². The molecule has 0 bridgehead atoms. The smallest absolute Gasteiger partial charge is 0.237 e. The first-order valence-corrected chi connectivity index (χ1v) is 6.85. The topological polar surface area (TPSA) is 49.4 Å². The Morgan fingerprint density at radius 2 is 1.84 bits per heavy atom. The highest BCUT2D eigenvalue weighted by molar-refractivity contribution is 6.22. The number of carbonyl (C=O) groups is 2. The number of hydrogen-bond donors (Lipinski definition) is 1. The van der Waals surface area contributed by atoms with E-state index in [2.05, 4.69) is 5.32 Å². The van der Waals surface area contributed by atoms with Crippen molar-refractivity contribution in [1.82, 2.24) is 0 Å². The van der Waals surface area contributed by atoms with Crippen molar-refractivity contribution in [2.75, 3.05) is 16.8 Å². The molecule has 0 aromatic heterocycles. The molecule has 2 unspecified atom stereocenters. The summed E-state index contributed by atoms with van der Waals surface area (Å²) >= 11 is 0. The van der Waals surface area contributed by atoms with E-state index in [1.165, 1.54) is 4.90 Å². The number of hydrogen-bond acceptors (Lipinski definition) is 3. The van der Waals surface area contributed by atoms with Gasteiger partial charge in [0.15, 0.2) is 0 Å². The second kappa shape index (κ2) is 4.37. The van der Waals surface area contributed by atoms with Crippen LogP contribution < -0.4 is 10.2 Å². The molecule has 1 saturated heterocycles. The number of anilines is 2. The SMILES string of the molecule is CC1C(=O)N(c2cccc3c2CCCN3)C(=O)C1C. The van der Waals surface area contributed by atoms with E-state index in [0.29, 0.717) is 0 Å². The third-order valence-corrected chi connectivity index (χ3v) is 4.28. The molecule has 0 spiro atoms. The number of nitrogens with one attached hydrogen (secondary N) is 1. The molecule has 1 aromatic carbocycles. The lowest BCUT2D eigenvalue weighted by Crippen LogP contribution is -2.32. The van der Waals surface area contributed by atoms with Crippen molar-refractivity contribution in [3.63, 3.8) is 0 Å². The van der Waals surface area contributed by atoms with Crippen molar-refractivity contribution in [2.45, 2.75) is 26.7 Å². The first kappa shape index (κ1) is 12.2. The van der Waals surface area contributed by atoms with Gasteiger partial charge in [-0.05, 0) is 30.5 Å². The third kappa shape index (κ3) is 1.74. The predicted octanol–water partition coefficient (Wildman–Crippen LogP) is 2.19. The second-order valence-electron chi connectivity index (χ2n) is 5.42. The van der Waals surface area contributed by atoms with E-state index in [9.17, 15) is 9.59 Å². The molecule has 19 heavy (non-hydrogen) atoms. The summed E-state index contributed by atoms with van der Waals surface area (Å²) in [5.74, 6) is -0.590. The van der Waals surface area contributed by atoms with Crippen molar-refractivity contribution in [3.8, 4) is 0 Å². The van der Waals surface area contributed by atoms with Crippen LogP contribution in [0.15, 0.2) is 18.2 Å². The molecule has 3 rings (SSSR count). The Labute approximate surface area is 112 Å². The molecule has 2 heterocycles. The average Bonchev–Trinajstić information content (AvgIpc) is 2.63. The second-order valence-corrected chi connectivity index (χ2v) is 5.42. The third-order valence-electron chi connectivity index (χ3n) is 4.28. The van der Waals surface area contributed by atoms with Gasteiger partial charge in [0.25, 0.3) is 0 Å². The quantitative estimate of drug-likeness (QED) is 0.786. The highest BCUT2D eigenvalue weighted by Gasteiger charge is 2.43. The Balaban J connectivity index is 2.08. The molecular weight excluding hydrogens is 240 g/mol. The van der Waals surface area contributed by atoms with E-state index < -0.39 is 0 Å². The molecule has 2 amide bonds. The van der Waals surface area contributed by atoms with Crippen LogP contribution in [0.2, 0.25) is 0 Å². The molecule has 4 heteroatoms. The van der Waals surface area contributed by atoms with Crippen LogP contribution in [0.1, 0.15) is 25.8 Å².